The molecule has 1 aromatic carbocycles. The summed E-state index contributed by atoms with van der Waals surface area (Å²) in [7, 11) is 0. The first-order chi connectivity index (χ1) is 10.3. The Kier molecular flexibility index (Phi) is 14.1. The fraction of sp³-hybridized carbons (Fsp3) is 0.632. The van der Waals surface area contributed by atoms with E-state index in [-0.39, 0.29) is 29.6 Å². The van der Waals surface area contributed by atoms with E-state index in [1.165, 1.54) is 57.8 Å². The normalized spacial score (nSPS) is 10.2. The third-order valence-electron chi connectivity index (χ3n) is 4.05. The van der Waals surface area contributed by atoms with Crippen molar-refractivity contribution in [3.63, 3.8) is 0 Å². The van der Waals surface area contributed by atoms with Crippen LogP contribution in [0.3, 0.4) is 0 Å². The molecular formula is C19H30NaO2. The van der Waals surface area contributed by atoms with Gasteiger partial charge in [-0.15, -0.1) is 0 Å². The minimum atomic E-state index is -0.808. The van der Waals surface area contributed by atoms with E-state index in [4.69, 9.17) is 5.11 Å². The van der Waals surface area contributed by atoms with Crippen LogP contribution in [0.4, 0.5) is 0 Å². The molecule has 0 spiro atoms. The average molecular weight is 313 g/mol. The molecule has 1 aromatic rings. The van der Waals surface area contributed by atoms with E-state index in [2.05, 4.69) is 6.92 Å². The Labute approximate surface area is 158 Å². The molecule has 1 rings (SSSR count). The van der Waals surface area contributed by atoms with Gasteiger partial charge in [-0.2, -0.15) is 0 Å². The van der Waals surface area contributed by atoms with Crippen molar-refractivity contribution in [2.75, 3.05) is 0 Å². The summed E-state index contributed by atoms with van der Waals surface area (Å²) in [4.78, 5) is 11.1. The summed E-state index contributed by atoms with van der Waals surface area (Å²) in [6.45, 7) is 2.25. The molecular weight excluding hydrogens is 283 g/mol. The Hall–Kier alpha value is -0.310. The van der Waals surface area contributed by atoms with Crippen LogP contribution in [0.5, 0.6) is 0 Å². The molecule has 1 N–H and O–H groups in total. The number of carboxylic acid groups (broad SMARTS) is 1. The molecule has 3 heteroatoms. The van der Waals surface area contributed by atoms with E-state index in [1.54, 1.807) is 12.1 Å². The molecule has 0 fully saturated rings. The van der Waals surface area contributed by atoms with Crippen molar-refractivity contribution in [3.05, 3.63) is 35.4 Å². The van der Waals surface area contributed by atoms with Crippen LogP contribution in [-0.4, -0.2) is 40.6 Å². The van der Waals surface area contributed by atoms with Crippen molar-refractivity contribution >= 4 is 35.5 Å². The van der Waals surface area contributed by atoms with Crippen LogP contribution in [0.25, 0.3) is 0 Å². The largest absolute Gasteiger partial charge is 0.478 e. The second-order valence-corrected chi connectivity index (χ2v) is 5.89. The maximum atomic E-state index is 11.1. The summed E-state index contributed by atoms with van der Waals surface area (Å²) in [5, 5.41) is 9.13. The van der Waals surface area contributed by atoms with E-state index in [0.717, 1.165) is 18.4 Å². The second kappa shape index (κ2) is 14.3. The van der Waals surface area contributed by atoms with Crippen molar-refractivity contribution in [1.29, 1.82) is 0 Å². The quantitative estimate of drug-likeness (QED) is 0.410. The van der Waals surface area contributed by atoms with Gasteiger partial charge in [-0.25, -0.2) is 4.79 Å². The molecule has 0 aliphatic heterocycles. The molecule has 0 heterocycles. The van der Waals surface area contributed by atoms with Gasteiger partial charge in [0.25, 0.3) is 0 Å². The molecule has 1 radical (unpaired) electrons. The topological polar surface area (TPSA) is 37.3 Å². The van der Waals surface area contributed by atoms with E-state index in [0.29, 0.717) is 5.56 Å². The standard InChI is InChI=1S/C19H30O2.Na/c1-2-3-4-5-6-7-8-9-10-11-14-17-15-12-13-16-18(17)19(20)21;/h12-13,15-16H,2-11,14H2,1H3,(H,20,21);. The zero-order valence-corrected chi connectivity index (χ0v) is 16.4. The monoisotopic (exact) mass is 313 g/mol. The smallest absolute Gasteiger partial charge is 0.335 e. The molecule has 0 amide bonds. The van der Waals surface area contributed by atoms with E-state index in [9.17, 15) is 4.79 Å². The zero-order valence-electron chi connectivity index (χ0n) is 14.4. The summed E-state index contributed by atoms with van der Waals surface area (Å²) in [6, 6.07) is 7.37. The van der Waals surface area contributed by atoms with Crippen molar-refractivity contribution in [2.24, 2.45) is 0 Å². The van der Waals surface area contributed by atoms with Crippen LogP contribution in [0, 0.1) is 0 Å². The first kappa shape index (κ1) is 21.7. The summed E-state index contributed by atoms with van der Waals surface area (Å²) >= 11 is 0. The van der Waals surface area contributed by atoms with Gasteiger partial charge in [0, 0.05) is 29.6 Å². The molecule has 119 valence electrons. The van der Waals surface area contributed by atoms with E-state index >= 15 is 0 Å². The molecule has 0 saturated heterocycles. The molecule has 0 bridgehead atoms. The van der Waals surface area contributed by atoms with Gasteiger partial charge in [-0.05, 0) is 24.5 Å². The fourth-order valence-corrected chi connectivity index (χ4v) is 2.75. The van der Waals surface area contributed by atoms with Crippen LogP contribution in [0.2, 0.25) is 0 Å². The Morgan fingerprint density at radius 2 is 1.36 bits per heavy atom. The van der Waals surface area contributed by atoms with Gasteiger partial charge in [0.1, 0.15) is 0 Å². The number of carboxylic acids is 1. The van der Waals surface area contributed by atoms with Crippen LogP contribution in [0.15, 0.2) is 24.3 Å². The van der Waals surface area contributed by atoms with Gasteiger partial charge in [-0.1, -0.05) is 82.9 Å². The van der Waals surface area contributed by atoms with E-state index in [1.807, 2.05) is 12.1 Å². The van der Waals surface area contributed by atoms with Crippen LogP contribution >= 0.6 is 0 Å². The third kappa shape index (κ3) is 9.66. The maximum absolute atomic E-state index is 11.1. The number of aryl methyl sites for hydroxylation is 1. The summed E-state index contributed by atoms with van der Waals surface area (Å²) in [5.74, 6) is -0.808. The predicted octanol–water partition coefficient (Wildman–Crippen LogP) is 5.47. The molecule has 0 saturated carbocycles. The second-order valence-electron chi connectivity index (χ2n) is 5.89. The summed E-state index contributed by atoms with van der Waals surface area (Å²) in [6.07, 6.45) is 14.0. The Morgan fingerprint density at radius 1 is 0.864 bits per heavy atom. The zero-order chi connectivity index (χ0) is 15.3. The number of carbonyl (C=O) groups is 1. The van der Waals surface area contributed by atoms with Gasteiger partial charge in [0.15, 0.2) is 0 Å². The van der Waals surface area contributed by atoms with Gasteiger partial charge in [-0.3, -0.25) is 0 Å². The minimum Gasteiger partial charge on any atom is -0.478 e. The first-order valence-electron chi connectivity index (χ1n) is 8.57. The first-order valence-corrected chi connectivity index (χ1v) is 8.57. The Balaban J connectivity index is 0.00000441. The Morgan fingerprint density at radius 3 is 1.91 bits per heavy atom. The molecule has 0 atom stereocenters. The molecule has 0 aromatic heterocycles. The van der Waals surface area contributed by atoms with Crippen LogP contribution in [0.1, 0.15) is 87.1 Å². The number of aromatic carboxylic acids is 1. The fourth-order valence-electron chi connectivity index (χ4n) is 2.75. The molecule has 0 unspecified atom stereocenters. The molecule has 0 aliphatic carbocycles. The van der Waals surface area contributed by atoms with Crippen LogP contribution < -0.4 is 0 Å². The number of hydrogen-bond acceptors (Lipinski definition) is 1. The van der Waals surface area contributed by atoms with Crippen LogP contribution in [-0.2, 0) is 6.42 Å². The number of benzene rings is 1. The Bertz CT molecular complexity index is 404. The molecule has 0 aliphatic rings. The summed E-state index contributed by atoms with van der Waals surface area (Å²) in [5.41, 5.74) is 1.44. The predicted molar refractivity (Wildman–Crippen MR) is 94.7 cm³/mol. The molecule has 22 heavy (non-hydrogen) atoms. The van der Waals surface area contributed by atoms with Gasteiger partial charge >= 0.3 is 5.97 Å². The van der Waals surface area contributed by atoms with Crippen molar-refractivity contribution in [2.45, 2.75) is 77.6 Å². The van der Waals surface area contributed by atoms with Gasteiger partial charge in [0.05, 0.1) is 5.56 Å². The number of rotatable bonds is 12. The SMILES string of the molecule is CCCCCCCCCCCCc1ccccc1C(=O)O.[Na]. The summed E-state index contributed by atoms with van der Waals surface area (Å²) < 4.78 is 0. The van der Waals surface area contributed by atoms with Crippen molar-refractivity contribution < 1.29 is 9.90 Å². The van der Waals surface area contributed by atoms with Crippen molar-refractivity contribution in [1.82, 2.24) is 0 Å². The van der Waals surface area contributed by atoms with Crippen molar-refractivity contribution in [3.8, 4) is 0 Å². The minimum absolute atomic E-state index is 0. The maximum Gasteiger partial charge on any atom is 0.335 e. The van der Waals surface area contributed by atoms with E-state index < -0.39 is 5.97 Å². The third-order valence-corrected chi connectivity index (χ3v) is 4.05. The average Bonchev–Trinajstić information content (AvgIpc) is 2.49. The van der Waals surface area contributed by atoms with Gasteiger partial charge in [0.2, 0.25) is 0 Å². The number of unbranched alkanes of at least 4 members (excludes halogenated alkanes) is 9. The van der Waals surface area contributed by atoms with Gasteiger partial charge < -0.3 is 5.11 Å². The molecule has 2 nitrogen and oxygen atoms in total. The number of hydrogen-bond donors (Lipinski definition) is 1.